The van der Waals surface area contributed by atoms with E-state index in [1.165, 1.54) is 6.92 Å². The van der Waals surface area contributed by atoms with Crippen molar-refractivity contribution in [1.82, 2.24) is 5.32 Å². The van der Waals surface area contributed by atoms with Gasteiger partial charge in [0.1, 0.15) is 0 Å². The van der Waals surface area contributed by atoms with Gasteiger partial charge in [0, 0.05) is 0 Å². The van der Waals surface area contributed by atoms with Crippen LogP contribution >= 0.6 is 0 Å². The van der Waals surface area contributed by atoms with Crippen molar-refractivity contribution in [1.29, 1.82) is 0 Å². The van der Waals surface area contributed by atoms with Gasteiger partial charge >= 0.3 is 12.3 Å². The fraction of sp³-hybridized carbons (Fsp3) is 0.714. The molecule has 0 aromatic heterocycles. The molecule has 0 aliphatic heterocycles. The van der Waals surface area contributed by atoms with Gasteiger partial charge in [-0.05, 0) is 6.92 Å². The van der Waals surface area contributed by atoms with Gasteiger partial charge in [0.05, 0.1) is 12.6 Å². The molecule has 0 aromatic rings. The zero-order valence-electron chi connectivity index (χ0n) is 6.45. The highest BCUT2D eigenvalue weighted by molar-refractivity contribution is 4.96. The molecule has 0 fully saturated rings. The normalized spacial score (nSPS) is 14.4. The molecule has 0 spiro atoms. The van der Waals surface area contributed by atoms with Crippen molar-refractivity contribution >= 4 is 0 Å². The van der Waals surface area contributed by atoms with Crippen molar-refractivity contribution in [2.75, 3.05) is 6.54 Å². The van der Waals surface area contributed by atoms with Crippen LogP contribution in [-0.4, -0.2) is 24.9 Å². The SMILES string of the molecule is C#CC(C)NCC(F)(F)C(F)F. The molecule has 0 amide bonds. The monoisotopic (exact) mass is 183 g/mol. The van der Waals surface area contributed by atoms with Crippen LogP contribution in [0.2, 0.25) is 0 Å². The highest BCUT2D eigenvalue weighted by Crippen LogP contribution is 2.21. The fourth-order valence-corrected chi connectivity index (χ4v) is 0.425. The first-order valence-corrected chi connectivity index (χ1v) is 3.25. The quantitative estimate of drug-likeness (QED) is 0.514. The third-order valence-corrected chi connectivity index (χ3v) is 1.21. The zero-order valence-corrected chi connectivity index (χ0v) is 6.45. The van der Waals surface area contributed by atoms with Crippen molar-refractivity contribution in [2.24, 2.45) is 0 Å². The summed E-state index contributed by atoms with van der Waals surface area (Å²) >= 11 is 0. The van der Waals surface area contributed by atoms with Crippen LogP contribution < -0.4 is 5.32 Å². The van der Waals surface area contributed by atoms with E-state index in [-0.39, 0.29) is 0 Å². The second-order valence-corrected chi connectivity index (χ2v) is 2.33. The Labute approximate surface area is 68.1 Å². The lowest BCUT2D eigenvalue weighted by atomic mass is 10.3. The Morgan fingerprint density at radius 2 is 2.00 bits per heavy atom. The van der Waals surface area contributed by atoms with Gasteiger partial charge in [0.2, 0.25) is 0 Å². The van der Waals surface area contributed by atoms with E-state index in [9.17, 15) is 17.6 Å². The van der Waals surface area contributed by atoms with Gasteiger partial charge in [-0.3, -0.25) is 5.32 Å². The molecule has 0 saturated carbocycles. The van der Waals surface area contributed by atoms with E-state index in [0.29, 0.717) is 0 Å². The van der Waals surface area contributed by atoms with Gasteiger partial charge in [-0.2, -0.15) is 8.78 Å². The lowest BCUT2D eigenvalue weighted by molar-refractivity contribution is -0.125. The van der Waals surface area contributed by atoms with E-state index < -0.39 is 24.9 Å². The van der Waals surface area contributed by atoms with Crippen LogP contribution in [0.1, 0.15) is 6.92 Å². The van der Waals surface area contributed by atoms with Crippen LogP contribution in [0, 0.1) is 12.3 Å². The molecule has 0 radical (unpaired) electrons. The predicted octanol–water partition coefficient (Wildman–Crippen LogP) is 1.50. The molecule has 0 aliphatic rings. The van der Waals surface area contributed by atoms with Crippen LogP contribution in [0.25, 0.3) is 0 Å². The molecule has 0 aromatic carbocycles. The summed E-state index contributed by atoms with van der Waals surface area (Å²) < 4.78 is 47.4. The number of terminal acetylenes is 1. The Bertz CT molecular complexity index is 173. The number of halogens is 4. The average molecular weight is 183 g/mol. The summed E-state index contributed by atoms with van der Waals surface area (Å²) in [6.45, 7) is 0.331. The first kappa shape index (κ1) is 11.2. The summed E-state index contributed by atoms with van der Waals surface area (Å²) in [5.41, 5.74) is 0. The van der Waals surface area contributed by atoms with Crippen molar-refractivity contribution in [2.45, 2.75) is 25.3 Å². The van der Waals surface area contributed by atoms with Crippen LogP contribution in [0.5, 0.6) is 0 Å². The summed E-state index contributed by atoms with van der Waals surface area (Å²) in [4.78, 5) is 0. The molecule has 0 rings (SSSR count). The molecule has 5 heteroatoms. The maximum atomic E-state index is 12.2. The molecule has 1 N–H and O–H groups in total. The Morgan fingerprint density at radius 1 is 1.50 bits per heavy atom. The maximum Gasteiger partial charge on any atom is 0.319 e. The lowest BCUT2D eigenvalue weighted by Gasteiger charge is -2.16. The summed E-state index contributed by atoms with van der Waals surface area (Å²) in [6.07, 6.45) is 1.18. The van der Waals surface area contributed by atoms with Gasteiger partial charge in [-0.1, -0.05) is 5.92 Å². The Morgan fingerprint density at radius 3 is 2.33 bits per heavy atom. The number of hydrogen-bond acceptors (Lipinski definition) is 1. The smallest absolute Gasteiger partial charge is 0.298 e. The van der Waals surface area contributed by atoms with Gasteiger partial charge in [-0.15, -0.1) is 6.42 Å². The molecule has 0 heterocycles. The Balaban J connectivity index is 3.85. The fourth-order valence-electron chi connectivity index (χ4n) is 0.425. The van der Waals surface area contributed by atoms with Crippen LogP contribution in [-0.2, 0) is 0 Å². The van der Waals surface area contributed by atoms with Crippen molar-refractivity contribution in [3.8, 4) is 12.3 Å². The molecule has 0 saturated heterocycles. The van der Waals surface area contributed by atoms with Crippen molar-refractivity contribution in [3.05, 3.63) is 0 Å². The van der Waals surface area contributed by atoms with E-state index in [1.54, 1.807) is 0 Å². The van der Waals surface area contributed by atoms with E-state index in [0.717, 1.165) is 0 Å². The molecule has 70 valence electrons. The molecule has 0 bridgehead atoms. The summed E-state index contributed by atoms with van der Waals surface area (Å²) in [6, 6.07) is -0.630. The minimum absolute atomic E-state index is 0.630. The lowest BCUT2D eigenvalue weighted by Crippen LogP contribution is -2.41. The molecule has 1 nitrogen and oxygen atoms in total. The van der Waals surface area contributed by atoms with Crippen molar-refractivity contribution < 1.29 is 17.6 Å². The molecule has 12 heavy (non-hydrogen) atoms. The maximum absolute atomic E-state index is 12.2. The zero-order chi connectivity index (χ0) is 9.78. The highest BCUT2D eigenvalue weighted by atomic mass is 19.3. The summed E-state index contributed by atoms with van der Waals surface area (Å²) in [7, 11) is 0. The predicted molar refractivity (Wildman–Crippen MR) is 37.2 cm³/mol. The Hall–Kier alpha value is -0.760. The van der Waals surface area contributed by atoms with Crippen LogP contribution in [0.4, 0.5) is 17.6 Å². The topological polar surface area (TPSA) is 12.0 Å². The number of alkyl halides is 4. The van der Waals surface area contributed by atoms with E-state index >= 15 is 0 Å². The second-order valence-electron chi connectivity index (χ2n) is 2.33. The molecule has 1 unspecified atom stereocenters. The molecular weight excluding hydrogens is 174 g/mol. The van der Waals surface area contributed by atoms with Crippen LogP contribution in [0.15, 0.2) is 0 Å². The summed E-state index contributed by atoms with van der Waals surface area (Å²) in [5.74, 6) is -1.92. The average Bonchev–Trinajstić information content (AvgIpc) is 2.00. The molecular formula is C7H9F4N. The van der Waals surface area contributed by atoms with Gasteiger partial charge in [0.15, 0.2) is 0 Å². The van der Waals surface area contributed by atoms with Gasteiger partial charge in [0.25, 0.3) is 0 Å². The standard InChI is InChI=1S/C7H9F4N/c1-3-5(2)12-4-7(10,11)6(8)9/h1,5-6,12H,4H2,2H3. The number of nitrogens with one attached hydrogen (secondary N) is 1. The first-order valence-electron chi connectivity index (χ1n) is 3.25. The third-order valence-electron chi connectivity index (χ3n) is 1.21. The van der Waals surface area contributed by atoms with Gasteiger partial charge in [-0.25, -0.2) is 8.78 Å². The molecule has 1 atom stereocenters. The van der Waals surface area contributed by atoms with E-state index in [2.05, 4.69) is 11.2 Å². The van der Waals surface area contributed by atoms with Gasteiger partial charge < -0.3 is 0 Å². The minimum Gasteiger partial charge on any atom is -0.298 e. The molecule has 0 aliphatic carbocycles. The third kappa shape index (κ3) is 3.58. The summed E-state index contributed by atoms with van der Waals surface area (Å²) in [5, 5.41) is 2.09. The minimum atomic E-state index is -4.01. The second kappa shape index (κ2) is 4.31. The number of hydrogen-bond donors (Lipinski definition) is 1. The first-order chi connectivity index (χ1) is 5.40. The Kier molecular flexibility index (Phi) is 4.04. The highest BCUT2D eigenvalue weighted by Gasteiger charge is 2.40. The van der Waals surface area contributed by atoms with Crippen LogP contribution in [0.3, 0.4) is 0 Å². The largest absolute Gasteiger partial charge is 0.319 e. The van der Waals surface area contributed by atoms with E-state index in [4.69, 9.17) is 6.42 Å². The van der Waals surface area contributed by atoms with E-state index in [1.807, 2.05) is 0 Å². The number of rotatable bonds is 4. The van der Waals surface area contributed by atoms with Crippen molar-refractivity contribution in [3.63, 3.8) is 0 Å².